The van der Waals surface area contributed by atoms with Crippen LogP contribution in [0.3, 0.4) is 0 Å². The number of nitrogens with zero attached hydrogens (tertiary/aromatic N) is 1. The molecule has 10 heteroatoms. The van der Waals surface area contributed by atoms with Crippen molar-refractivity contribution in [3.63, 3.8) is 0 Å². The van der Waals surface area contributed by atoms with E-state index in [-0.39, 0.29) is 22.3 Å². The lowest BCUT2D eigenvalue weighted by Crippen LogP contribution is -2.54. The smallest absolute Gasteiger partial charge is 0.269 e. The molecule has 9 nitrogen and oxygen atoms in total. The van der Waals surface area contributed by atoms with Crippen molar-refractivity contribution in [3.05, 3.63) is 65.2 Å². The van der Waals surface area contributed by atoms with Crippen LogP contribution >= 0.6 is 0 Å². The summed E-state index contributed by atoms with van der Waals surface area (Å²) in [6, 6.07) is 11.7. The van der Waals surface area contributed by atoms with Crippen LogP contribution in [-0.4, -0.2) is 49.6 Å². The molecule has 1 aliphatic rings. The molecule has 1 saturated heterocycles. The minimum absolute atomic E-state index is 0.119. The second-order valence-corrected chi connectivity index (χ2v) is 10.5. The van der Waals surface area contributed by atoms with Gasteiger partial charge in [0, 0.05) is 24.2 Å². The molecule has 1 aliphatic heterocycles. The van der Waals surface area contributed by atoms with E-state index in [1.54, 1.807) is 39.0 Å². The SMILES string of the molecule is Cc1ccccc1C(=O)NC(C(=O)NNC(=O)c1ccc(S(=O)(=O)N2CCCC2)cc1)C(C)C. The second-order valence-electron chi connectivity index (χ2n) is 8.59. The summed E-state index contributed by atoms with van der Waals surface area (Å²) in [5, 5.41) is 2.71. The lowest BCUT2D eigenvalue weighted by molar-refractivity contribution is -0.124. The Morgan fingerprint density at radius 2 is 1.50 bits per heavy atom. The first-order chi connectivity index (χ1) is 16.1. The summed E-state index contributed by atoms with van der Waals surface area (Å²) in [5.41, 5.74) is 6.10. The number of hydrogen-bond donors (Lipinski definition) is 3. The molecule has 1 unspecified atom stereocenters. The maximum absolute atomic E-state index is 12.7. The predicted octanol–water partition coefficient (Wildman–Crippen LogP) is 2.00. The summed E-state index contributed by atoms with van der Waals surface area (Å²) in [4.78, 5) is 37.9. The van der Waals surface area contributed by atoms with Crippen molar-refractivity contribution >= 4 is 27.7 Å². The maximum Gasteiger partial charge on any atom is 0.269 e. The first-order valence-electron chi connectivity index (χ1n) is 11.2. The topological polar surface area (TPSA) is 125 Å². The highest BCUT2D eigenvalue weighted by Gasteiger charge is 2.28. The number of carbonyl (C=O) groups excluding carboxylic acids is 3. The van der Waals surface area contributed by atoms with Gasteiger partial charge in [0.2, 0.25) is 10.0 Å². The van der Waals surface area contributed by atoms with Gasteiger partial charge in [0.15, 0.2) is 0 Å². The van der Waals surface area contributed by atoms with E-state index in [1.165, 1.54) is 28.6 Å². The summed E-state index contributed by atoms with van der Waals surface area (Å²) in [6.07, 6.45) is 1.67. The number of rotatable bonds is 7. The molecule has 0 aliphatic carbocycles. The molecule has 1 heterocycles. The van der Waals surface area contributed by atoms with Gasteiger partial charge in [0.25, 0.3) is 17.7 Å². The molecule has 0 bridgehead atoms. The van der Waals surface area contributed by atoms with Crippen molar-refractivity contribution in [3.8, 4) is 0 Å². The number of benzene rings is 2. The van der Waals surface area contributed by atoms with Crippen molar-refractivity contribution < 1.29 is 22.8 Å². The number of amides is 3. The first kappa shape index (κ1) is 25.4. The van der Waals surface area contributed by atoms with E-state index in [2.05, 4.69) is 16.2 Å². The number of nitrogens with one attached hydrogen (secondary N) is 3. The average Bonchev–Trinajstić information content (AvgIpc) is 3.37. The quantitative estimate of drug-likeness (QED) is 0.516. The molecule has 2 aromatic rings. The summed E-state index contributed by atoms with van der Waals surface area (Å²) < 4.78 is 26.7. The number of carbonyl (C=O) groups is 3. The second kappa shape index (κ2) is 10.8. The Morgan fingerprint density at radius 3 is 2.09 bits per heavy atom. The zero-order valence-corrected chi connectivity index (χ0v) is 20.3. The molecule has 0 saturated carbocycles. The van der Waals surface area contributed by atoms with Crippen molar-refractivity contribution in [2.75, 3.05) is 13.1 Å². The van der Waals surface area contributed by atoms with Crippen molar-refractivity contribution in [1.82, 2.24) is 20.5 Å². The molecule has 0 spiro atoms. The number of hydrazine groups is 1. The highest BCUT2D eigenvalue weighted by molar-refractivity contribution is 7.89. The highest BCUT2D eigenvalue weighted by atomic mass is 32.2. The van der Waals surface area contributed by atoms with E-state index in [1.807, 2.05) is 6.07 Å². The van der Waals surface area contributed by atoms with E-state index in [4.69, 9.17) is 0 Å². The molecule has 0 aromatic heterocycles. The van der Waals surface area contributed by atoms with Crippen LogP contribution in [0.5, 0.6) is 0 Å². The van der Waals surface area contributed by atoms with Gasteiger partial charge in [-0.1, -0.05) is 32.0 Å². The van der Waals surface area contributed by atoms with E-state index < -0.39 is 27.9 Å². The molecule has 0 radical (unpaired) electrons. The third kappa shape index (κ3) is 5.81. The fourth-order valence-electron chi connectivity index (χ4n) is 3.71. The van der Waals surface area contributed by atoms with Crippen LogP contribution in [0, 0.1) is 12.8 Å². The lowest BCUT2D eigenvalue weighted by Gasteiger charge is -2.22. The number of sulfonamides is 1. The summed E-state index contributed by atoms with van der Waals surface area (Å²) in [5.74, 6) is -1.79. The number of hydrogen-bond acceptors (Lipinski definition) is 5. The summed E-state index contributed by atoms with van der Waals surface area (Å²) in [7, 11) is -3.57. The van der Waals surface area contributed by atoms with E-state index in [0.29, 0.717) is 18.7 Å². The van der Waals surface area contributed by atoms with Crippen LogP contribution < -0.4 is 16.2 Å². The van der Waals surface area contributed by atoms with Gasteiger partial charge in [0.1, 0.15) is 6.04 Å². The van der Waals surface area contributed by atoms with Gasteiger partial charge in [-0.05, 0) is 61.6 Å². The van der Waals surface area contributed by atoms with Crippen LogP contribution in [0.2, 0.25) is 0 Å². The molecule has 1 atom stereocenters. The van der Waals surface area contributed by atoms with Crippen molar-refractivity contribution in [2.45, 2.75) is 44.6 Å². The summed E-state index contributed by atoms with van der Waals surface area (Å²) >= 11 is 0. The largest absolute Gasteiger partial charge is 0.340 e. The Kier molecular flexibility index (Phi) is 8.06. The van der Waals surface area contributed by atoms with Crippen molar-refractivity contribution in [1.29, 1.82) is 0 Å². The van der Waals surface area contributed by atoms with Crippen LogP contribution in [0.4, 0.5) is 0 Å². The van der Waals surface area contributed by atoms with Crippen LogP contribution in [0.15, 0.2) is 53.4 Å². The van der Waals surface area contributed by atoms with Gasteiger partial charge in [-0.2, -0.15) is 4.31 Å². The fraction of sp³-hybridized carbons (Fsp3) is 0.375. The zero-order chi connectivity index (χ0) is 24.9. The molecule has 34 heavy (non-hydrogen) atoms. The van der Waals surface area contributed by atoms with Gasteiger partial charge < -0.3 is 5.32 Å². The minimum Gasteiger partial charge on any atom is -0.340 e. The zero-order valence-electron chi connectivity index (χ0n) is 19.5. The van der Waals surface area contributed by atoms with Gasteiger partial charge in [-0.15, -0.1) is 0 Å². The molecule has 1 fully saturated rings. The standard InChI is InChI=1S/C24H30N4O5S/c1-16(2)21(25-23(30)20-9-5-4-8-17(20)3)24(31)27-26-22(29)18-10-12-19(13-11-18)34(32,33)28-14-6-7-15-28/h4-5,8-13,16,21H,6-7,14-15H2,1-3H3,(H,25,30)(H,26,29)(H,27,31). The third-order valence-electron chi connectivity index (χ3n) is 5.74. The van der Waals surface area contributed by atoms with Gasteiger partial charge >= 0.3 is 0 Å². The van der Waals surface area contributed by atoms with Gasteiger partial charge in [-0.25, -0.2) is 8.42 Å². The van der Waals surface area contributed by atoms with Crippen LogP contribution in [0.1, 0.15) is 53.0 Å². The first-order valence-corrected chi connectivity index (χ1v) is 12.6. The predicted molar refractivity (Wildman–Crippen MR) is 127 cm³/mol. The monoisotopic (exact) mass is 486 g/mol. The van der Waals surface area contributed by atoms with Crippen LogP contribution in [0.25, 0.3) is 0 Å². The van der Waals surface area contributed by atoms with Crippen molar-refractivity contribution in [2.24, 2.45) is 5.92 Å². The van der Waals surface area contributed by atoms with E-state index in [9.17, 15) is 22.8 Å². The Labute approximate surface area is 199 Å². The van der Waals surface area contributed by atoms with E-state index in [0.717, 1.165) is 18.4 Å². The molecular formula is C24H30N4O5S. The van der Waals surface area contributed by atoms with Gasteiger partial charge in [0.05, 0.1) is 4.90 Å². The minimum atomic E-state index is -3.57. The van der Waals surface area contributed by atoms with Gasteiger partial charge in [-0.3, -0.25) is 25.2 Å². The lowest BCUT2D eigenvalue weighted by atomic mass is 10.0. The Morgan fingerprint density at radius 1 is 0.882 bits per heavy atom. The van der Waals surface area contributed by atoms with E-state index >= 15 is 0 Å². The molecule has 3 amide bonds. The number of aryl methyl sites for hydroxylation is 1. The molecule has 3 N–H and O–H groups in total. The molecule has 2 aromatic carbocycles. The molecule has 3 rings (SSSR count). The Balaban J connectivity index is 1.60. The Hall–Kier alpha value is -3.24. The summed E-state index contributed by atoms with van der Waals surface area (Å²) in [6.45, 7) is 6.36. The van der Waals surface area contributed by atoms with Crippen LogP contribution in [-0.2, 0) is 14.8 Å². The maximum atomic E-state index is 12.7. The normalized spacial score (nSPS) is 15.1. The Bertz CT molecular complexity index is 1160. The fourth-order valence-corrected chi connectivity index (χ4v) is 5.22. The molecule has 182 valence electrons. The average molecular weight is 487 g/mol. The third-order valence-corrected chi connectivity index (χ3v) is 7.66. The molecular weight excluding hydrogens is 456 g/mol. The highest BCUT2D eigenvalue weighted by Crippen LogP contribution is 2.21.